The van der Waals surface area contributed by atoms with Crippen molar-refractivity contribution in [2.24, 2.45) is 0 Å². The highest BCUT2D eigenvalue weighted by Crippen LogP contribution is 2.26. The van der Waals surface area contributed by atoms with Crippen LogP contribution in [-0.2, 0) is 4.79 Å². The number of allylic oxidation sites excluding steroid dienone is 2. The SMILES string of the molecule is CC1=C(n2nc(C)cc2C)CCCC1=O. The van der Waals surface area contributed by atoms with Gasteiger partial charge >= 0.3 is 0 Å². The number of Topliss-reactive ketones (excluding diaryl/α,β-unsaturated/α-hetero) is 1. The first kappa shape index (κ1) is 10.1. The van der Waals surface area contributed by atoms with Crippen LogP contribution in [0.15, 0.2) is 11.6 Å². The van der Waals surface area contributed by atoms with Crippen LogP contribution in [0.1, 0.15) is 37.6 Å². The van der Waals surface area contributed by atoms with E-state index in [1.54, 1.807) is 0 Å². The van der Waals surface area contributed by atoms with Gasteiger partial charge in [-0.25, -0.2) is 4.68 Å². The molecule has 0 aliphatic heterocycles. The molecule has 1 aliphatic rings. The maximum atomic E-state index is 11.6. The van der Waals surface area contributed by atoms with E-state index in [-0.39, 0.29) is 5.78 Å². The lowest BCUT2D eigenvalue weighted by atomic mass is 9.96. The molecule has 0 atom stereocenters. The summed E-state index contributed by atoms with van der Waals surface area (Å²) in [5, 5.41) is 4.43. The minimum Gasteiger partial charge on any atom is -0.294 e. The number of carbonyl (C=O) groups excluding carboxylic acids is 1. The molecule has 0 amide bonds. The first-order valence-electron chi connectivity index (χ1n) is 5.36. The van der Waals surface area contributed by atoms with Crippen molar-refractivity contribution in [3.8, 4) is 0 Å². The van der Waals surface area contributed by atoms with E-state index in [1.807, 2.05) is 31.5 Å². The van der Waals surface area contributed by atoms with Crippen molar-refractivity contribution in [2.75, 3.05) is 0 Å². The molecule has 0 bridgehead atoms. The fraction of sp³-hybridized carbons (Fsp3) is 0.500. The zero-order valence-corrected chi connectivity index (χ0v) is 9.50. The summed E-state index contributed by atoms with van der Waals surface area (Å²) in [7, 11) is 0. The molecule has 3 heteroatoms. The fourth-order valence-electron chi connectivity index (χ4n) is 2.12. The molecule has 0 N–H and O–H groups in total. The Hall–Kier alpha value is -1.38. The number of hydrogen-bond donors (Lipinski definition) is 0. The highest BCUT2D eigenvalue weighted by Gasteiger charge is 2.19. The summed E-state index contributed by atoms with van der Waals surface area (Å²) in [6.45, 7) is 5.91. The van der Waals surface area contributed by atoms with Crippen molar-refractivity contribution in [1.29, 1.82) is 0 Å². The van der Waals surface area contributed by atoms with Crippen molar-refractivity contribution >= 4 is 11.5 Å². The van der Waals surface area contributed by atoms with Crippen LogP contribution in [0.4, 0.5) is 0 Å². The largest absolute Gasteiger partial charge is 0.294 e. The van der Waals surface area contributed by atoms with Gasteiger partial charge in [-0.15, -0.1) is 0 Å². The fourth-order valence-corrected chi connectivity index (χ4v) is 2.12. The number of aryl methyl sites for hydroxylation is 2. The van der Waals surface area contributed by atoms with E-state index >= 15 is 0 Å². The number of nitrogens with zero attached hydrogens (tertiary/aromatic N) is 2. The molecule has 0 saturated carbocycles. The summed E-state index contributed by atoms with van der Waals surface area (Å²) < 4.78 is 1.92. The molecular formula is C12H16N2O. The van der Waals surface area contributed by atoms with Gasteiger partial charge in [0, 0.05) is 23.4 Å². The van der Waals surface area contributed by atoms with Crippen LogP contribution in [0, 0.1) is 13.8 Å². The van der Waals surface area contributed by atoms with E-state index in [0.29, 0.717) is 6.42 Å². The molecule has 15 heavy (non-hydrogen) atoms. The van der Waals surface area contributed by atoms with Crippen LogP contribution in [-0.4, -0.2) is 15.6 Å². The second kappa shape index (κ2) is 3.65. The second-order valence-electron chi connectivity index (χ2n) is 4.19. The Bertz CT molecular complexity index is 440. The van der Waals surface area contributed by atoms with Gasteiger partial charge in [0.15, 0.2) is 5.78 Å². The van der Waals surface area contributed by atoms with Crippen LogP contribution in [0.5, 0.6) is 0 Å². The summed E-state index contributed by atoms with van der Waals surface area (Å²) in [5.41, 5.74) is 4.08. The molecule has 0 unspecified atom stereocenters. The summed E-state index contributed by atoms with van der Waals surface area (Å²) in [6.07, 6.45) is 2.60. The molecule has 1 heterocycles. The Labute approximate surface area is 89.8 Å². The smallest absolute Gasteiger partial charge is 0.160 e. The van der Waals surface area contributed by atoms with Crippen molar-refractivity contribution in [3.05, 3.63) is 23.0 Å². The number of rotatable bonds is 1. The lowest BCUT2D eigenvalue weighted by Crippen LogP contribution is -2.14. The second-order valence-corrected chi connectivity index (χ2v) is 4.19. The van der Waals surface area contributed by atoms with E-state index in [1.165, 1.54) is 0 Å². The molecule has 2 rings (SSSR count). The Morgan fingerprint density at radius 1 is 1.27 bits per heavy atom. The minimum absolute atomic E-state index is 0.267. The molecule has 1 aliphatic carbocycles. The van der Waals surface area contributed by atoms with Crippen LogP contribution in [0.25, 0.3) is 5.70 Å². The molecule has 0 radical (unpaired) electrons. The number of aromatic nitrogens is 2. The van der Waals surface area contributed by atoms with Gasteiger partial charge < -0.3 is 0 Å². The molecule has 0 spiro atoms. The summed E-state index contributed by atoms with van der Waals surface area (Å²) in [4.78, 5) is 11.6. The molecule has 0 saturated heterocycles. The zero-order chi connectivity index (χ0) is 11.0. The topological polar surface area (TPSA) is 34.9 Å². The average Bonchev–Trinajstić information content (AvgIpc) is 2.50. The quantitative estimate of drug-likeness (QED) is 0.704. The number of hydrogen-bond acceptors (Lipinski definition) is 2. The third-order valence-corrected chi connectivity index (χ3v) is 2.93. The van der Waals surface area contributed by atoms with Gasteiger partial charge in [0.2, 0.25) is 0 Å². The van der Waals surface area contributed by atoms with Crippen molar-refractivity contribution in [2.45, 2.75) is 40.0 Å². The molecule has 0 fully saturated rings. The maximum absolute atomic E-state index is 11.6. The van der Waals surface area contributed by atoms with Crippen LogP contribution in [0.3, 0.4) is 0 Å². The summed E-state index contributed by atoms with van der Waals surface area (Å²) >= 11 is 0. The molecule has 1 aromatic rings. The van der Waals surface area contributed by atoms with Gasteiger partial charge in [0.25, 0.3) is 0 Å². The number of ketones is 1. The lowest BCUT2D eigenvalue weighted by molar-refractivity contribution is -0.115. The zero-order valence-electron chi connectivity index (χ0n) is 9.50. The van der Waals surface area contributed by atoms with Gasteiger partial charge in [-0.3, -0.25) is 4.79 Å². The summed E-state index contributed by atoms with van der Waals surface area (Å²) in [5.74, 6) is 0.267. The Kier molecular flexibility index (Phi) is 2.47. The van der Waals surface area contributed by atoms with Gasteiger partial charge in [-0.2, -0.15) is 5.10 Å². The van der Waals surface area contributed by atoms with E-state index < -0.39 is 0 Å². The molecular weight excluding hydrogens is 188 g/mol. The monoisotopic (exact) mass is 204 g/mol. The first-order valence-corrected chi connectivity index (χ1v) is 5.36. The van der Waals surface area contributed by atoms with Gasteiger partial charge in [0.1, 0.15) is 0 Å². The highest BCUT2D eigenvalue weighted by molar-refractivity contribution is 6.00. The molecule has 0 aromatic carbocycles. The lowest BCUT2D eigenvalue weighted by Gasteiger charge is -2.17. The molecule has 80 valence electrons. The van der Waals surface area contributed by atoms with Crippen LogP contribution < -0.4 is 0 Å². The maximum Gasteiger partial charge on any atom is 0.160 e. The van der Waals surface area contributed by atoms with Crippen molar-refractivity contribution in [3.63, 3.8) is 0 Å². The molecule has 3 nitrogen and oxygen atoms in total. The van der Waals surface area contributed by atoms with E-state index in [0.717, 1.165) is 35.5 Å². The summed E-state index contributed by atoms with van der Waals surface area (Å²) in [6, 6.07) is 2.04. The normalized spacial score (nSPS) is 17.4. The van der Waals surface area contributed by atoms with E-state index in [4.69, 9.17) is 0 Å². The van der Waals surface area contributed by atoms with Gasteiger partial charge in [-0.1, -0.05) is 0 Å². The highest BCUT2D eigenvalue weighted by atomic mass is 16.1. The van der Waals surface area contributed by atoms with E-state index in [2.05, 4.69) is 5.10 Å². The molecule has 1 aromatic heterocycles. The average molecular weight is 204 g/mol. The van der Waals surface area contributed by atoms with Gasteiger partial charge in [-0.05, 0) is 39.7 Å². The number of carbonyl (C=O) groups is 1. The van der Waals surface area contributed by atoms with Crippen molar-refractivity contribution in [1.82, 2.24) is 9.78 Å². The third kappa shape index (κ3) is 1.74. The van der Waals surface area contributed by atoms with Crippen LogP contribution in [0.2, 0.25) is 0 Å². The van der Waals surface area contributed by atoms with Crippen LogP contribution >= 0.6 is 0 Å². The van der Waals surface area contributed by atoms with Gasteiger partial charge in [0.05, 0.1) is 5.69 Å². The Morgan fingerprint density at radius 3 is 2.60 bits per heavy atom. The van der Waals surface area contributed by atoms with E-state index in [9.17, 15) is 4.79 Å². The standard InChI is InChI=1S/C12H16N2O/c1-8-7-9(2)14(13-8)11-5-4-6-12(15)10(11)3/h7H,4-6H2,1-3H3. The Balaban J connectivity index is 2.50. The van der Waals surface area contributed by atoms with Crippen molar-refractivity contribution < 1.29 is 4.79 Å². The predicted molar refractivity (Wildman–Crippen MR) is 59.4 cm³/mol. The first-order chi connectivity index (χ1) is 7.09. The predicted octanol–water partition coefficient (Wildman–Crippen LogP) is 2.48. The third-order valence-electron chi connectivity index (χ3n) is 2.93. The Morgan fingerprint density at radius 2 is 2.00 bits per heavy atom. The minimum atomic E-state index is 0.267.